The summed E-state index contributed by atoms with van der Waals surface area (Å²) < 4.78 is 0. The summed E-state index contributed by atoms with van der Waals surface area (Å²) in [6, 6.07) is 4.97. The first kappa shape index (κ1) is 13.7. The van der Waals surface area contributed by atoms with Crippen molar-refractivity contribution < 1.29 is 9.90 Å². The summed E-state index contributed by atoms with van der Waals surface area (Å²) in [4.78, 5) is 13.5. The van der Waals surface area contributed by atoms with Crippen molar-refractivity contribution >= 4 is 17.3 Å². The van der Waals surface area contributed by atoms with Crippen LogP contribution in [-0.4, -0.2) is 42.7 Å². The van der Waals surface area contributed by atoms with Gasteiger partial charge in [-0.2, -0.15) is 0 Å². The first-order chi connectivity index (χ1) is 9.08. The number of carboxylic acid groups (broad SMARTS) is 1. The van der Waals surface area contributed by atoms with Crippen LogP contribution in [0.3, 0.4) is 0 Å². The third kappa shape index (κ3) is 3.38. The van der Waals surface area contributed by atoms with Gasteiger partial charge in [-0.15, -0.1) is 0 Å². The molecule has 1 atom stereocenters. The number of hydrogen-bond donors (Lipinski definition) is 3. The van der Waals surface area contributed by atoms with Gasteiger partial charge >= 0.3 is 5.97 Å². The predicted molar refractivity (Wildman–Crippen MR) is 76.5 cm³/mol. The fourth-order valence-electron chi connectivity index (χ4n) is 2.63. The topological polar surface area (TPSA) is 78.6 Å². The number of benzene rings is 1. The van der Waals surface area contributed by atoms with Crippen molar-refractivity contribution in [1.82, 2.24) is 4.90 Å². The molecule has 104 valence electrons. The van der Waals surface area contributed by atoms with Crippen molar-refractivity contribution in [2.24, 2.45) is 5.92 Å². The molecule has 1 unspecified atom stereocenters. The number of nitrogens with one attached hydrogen (secondary N) is 1. The predicted octanol–water partition coefficient (Wildman–Crippen LogP) is 1.72. The van der Waals surface area contributed by atoms with Crippen LogP contribution in [0.5, 0.6) is 0 Å². The lowest BCUT2D eigenvalue weighted by molar-refractivity contribution is 0.0698. The summed E-state index contributed by atoms with van der Waals surface area (Å²) in [6.07, 6.45) is 2.37. The Morgan fingerprint density at radius 3 is 3.05 bits per heavy atom. The summed E-state index contributed by atoms with van der Waals surface area (Å²) in [5, 5.41) is 12.4. The van der Waals surface area contributed by atoms with E-state index in [0.717, 1.165) is 19.6 Å². The first-order valence-electron chi connectivity index (χ1n) is 6.62. The van der Waals surface area contributed by atoms with Crippen LogP contribution in [-0.2, 0) is 0 Å². The highest BCUT2D eigenvalue weighted by molar-refractivity contribution is 5.97. The molecule has 1 heterocycles. The van der Waals surface area contributed by atoms with Crippen LogP contribution in [0.2, 0.25) is 0 Å². The summed E-state index contributed by atoms with van der Waals surface area (Å²) in [5.41, 5.74) is 7.14. The maximum Gasteiger partial charge on any atom is 0.337 e. The molecule has 0 aromatic heterocycles. The number of rotatable bonds is 4. The molecule has 0 saturated carbocycles. The zero-order valence-corrected chi connectivity index (χ0v) is 11.2. The second-order valence-electron chi connectivity index (χ2n) is 5.23. The molecule has 1 aliphatic heterocycles. The van der Waals surface area contributed by atoms with Gasteiger partial charge in [0.05, 0.1) is 16.9 Å². The zero-order chi connectivity index (χ0) is 13.8. The molecule has 5 nitrogen and oxygen atoms in total. The maximum atomic E-state index is 11.2. The standard InChI is InChI=1S/C14H21N3O2/c1-17-7-3-4-10(9-17)8-16-13-11(14(18)19)5-2-6-12(13)15/h2,5-6,10,16H,3-4,7-9,15H2,1H3,(H,18,19). The molecule has 0 radical (unpaired) electrons. The lowest BCUT2D eigenvalue weighted by Gasteiger charge is -2.30. The third-order valence-corrected chi connectivity index (χ3v) is 3.62. The Labute approximate surface area is 113 Å². The highest BCUT2D eigenvalue weighted by Crippen LogP contribution is 2.25. The summed E-state index contributed by atoms with van der Waals surface area (Å²) in [7, 11) is 2.12. The molecule has 1 fully saturated rings. The van der Waals surface area contributed by atoms with Crippen molar-refractivity contribution in [3.05, 3.63) is 23.8 Å². The molecular formula is C14H21N3O2. The van der Waals surface area contributed by atoms with Crippen molar-refractivity contribution in [2.75, 3.05) is 37.7 Å². The van der Waals surface area contributed by atoms with Crippen LogP contribution in [0.1, 0.15) is 23.2 Å². The van der Waals surface area contributed by atoms with Crippen LogP contribution >= 0.6 is 0 Å². The monoisotopic (exact) mass is 263 g/mol. The van der Waals surface area contributed by atoms with Gasteiger partial charge in [-0.1, -0.05) is 6.07 Å². The quantitative estimate of drug-likeness (QED) is 0.721. The van der Waals surface area contributed by atoms with Gasteiger partial charge in [-0.3, -0.25) is 0 Å². The second-order valence-corrected chi connectivity index (χ2v) is 5.23. The van der Waals surface area contributed by atoms with Crippen molar-refractivity contribution in [3.8, 4) is 0 Å². The number of nitrogens with zero attached hydrogens (tertiary/aromatic N) is 1. The van der Waals surface area contributed by atoms with Crippen molar-refractivity contribution in [1.29, 1.82) is 0 Å². The average molecular weight is 263 g/mol. The molecule has 19 heavy (non-hydrogen) atoms. The Hall–Kier alpha value is -1.75. The average Bonchev–Trinajstić information content (AvgIpc) is 2.37. The van der Waals surface area contributed by atoms with Crippen molar-refractivity contribution in [3.63, 3.8) is 0 Å². The maximum absolute atomic E-state index is 11.2. The van der Waals surface area contributed by atoms with Gasteiger partial charge in [0.15, 0.2) is 0 Å². The second kappa shape index (κ2) is 5.93. The van der Waals surface area contributed by atoms with E-state index in [4.69, 9.17) is 10.8 Å². The number of anilines is 2. The number of likely N-dealkylation sites (tertiary alicyclic amines) is 1. The smallest absolute Gasteiger partial charge is 0.337 e. The van der Waals surface area contributed by atoms with E-state index in [1.165, 1.54) is 12.8 Å². The molecule has 4 N–H and O–H groups in total. The first-order valence-corrected chi connectivity index (χ1v) is 6.62. The molecule has 0 bridgehead atoms. The van der Waals surface area contributed by atoms with Gasteiger partial charge in [-0.05, 0) is 44.5 Å². The van der Waals surface area contributed by atoms with Crippen LogP contribution in [0.25, 0.3) is 0 Å². The van der Waals surface area contributed by atoms with Crippen LogP contribution < -0.4 is 11.1 Å². The lowest BCUT2D eigenvalue weighted by atomic mass is 9.98. The molecule has 1 aromatic rings. The number of carbonyl (C=O) groups is 1. The zero-order valence-electron chi connectivity index (χ0n) is 11.2. The third-order valence-electron chi connectivity index (χ3n) is 3.62. The van der Waals surface area contributed by atoms with Gasteiger partial charge in [0, 0.05) is 13.1 Å². The van der Waals surface area contributed by atoms with Gasteiger partial charge in [0.2, 0.25) is 0 Å². The molecule has 0 spiro atoms. The Morgan fingerprint density at radius 1 is 1.58 bits per heavy atom. The number of carboxylic acids is 1. The highest BCUT2D eigenvalue weighted by Gasteiger charge is 2.18. The van der Waals surface area contributed by atoms with E-state index >= 15 is 0 Å². The molecule has 1 saturated heterocycles. The number of aromatic carboxylic acids is 1. The number of para-hydroxylation sites is 1. The number of piperidine rings is 1. The van der Waals surface area contributed by atoms with Gasteiger partial charge < -0.3 is 21.1 Å². The molecule has 0 amide bonds. The Balaban J connectivity index is 2.04. The van der Waals surface area contributed by atoms with Gasteiger partial charge in [0.25, 0.3) is 0 Å². The minimum atomic E-state index is -0.949. The van der Waals surface area contributed by atoms with E-state index in [0.29, 0.717) is 17.3 Å². The normalized spacial score (nSPS) is 20.2. The number of nitrogens with two attached hydrogens (primary N) is 1. The van der Waals surface area contributed by atoms with E-state index in [1.54, 1.807) is 18.2 Å². The molecule has 1 aromatic carbocycles. The minimum Gasteiger partial charge on any atom is -0.478 e. The van der Waals surface area contributed by atoms with E-state index in [9.17, 15) is 4.79 Å². The van der Waals surface area contributed by atoms with E-state index < -0.39 is 5.97 Å². The SMILES string of the molecule is CN1CCCC(CNc2c(N)cccc2C(=O)O)C1. The molecule has 5 heteroatoms. The molecule has 0 aliphatic carbocycles. The van der Waals surface area contributed by atoms with Crippen LogP contribution in [0.4, 0.5) is 11.4 Å². The van der Waals surface area contributed by atoms with Crippen LogP contribution in [0, 0.1) is 5.92 Å². The highest BCUT2D eigenvalue weighted by atomic mass is 16.4. The van der Waals surface area contributed by atoms with E-state index in [-0.39, 0.29) is 5.56 Å². The number of hydrogen-bond acceptors (Lipinski definition) is 4. The van der Waals surface area contributed by atoms with E-state index in [1.807, 2.05) is 0 Å². The Kier molecular flexibility index (Phi) is 4.27. The fourth-order valence-corrected chi connectivity index (χ4v) is 2.63. The van der Waals surface area contributed by atoms with Gasteiger partial charge in [-0.25, -0.2) is 4.79 Å². The minimum absolute atomic E-state index is 0.240. The van der Waals surface area contributed by atoms with Crippen LogP contribution in [0.15, 0.2) is 18.2 Å². The largest absolute Gasteiger partial charge is 0.478 e. The summed E-state index contributed by atoms with van der Waals surface area (Å²) in [6.45, 7) is 2.95. The van der Waals surface area contributed by atoms with Crippen molar-refractivity contribution in [2.45, 2.75) is 12.8 Å². The molecule has 2 rings (SSSR count). The Morgan fingerprint density at radius 2 is 2.37 bits per heavy atom. The lowest BCUT2D eigenvalue weighted by Crippen LogP contribution is -2.35. The fraction of sp³-hybridized carbons (Fsp3) is 0.500. The summed E-state index contributed by atoms with van der Waals surface area (Å²) in [5.74, 6) is -0.407. The molecule has 1 aliphatic rings. The molecular weight excluding hydrogens is 242 g/mol. The Bertz CT molecular complexity index is 462. The summed E-state index contributed by atoms with van der Waals surface area (Å²) >= 11 is 0. The van der Waals surface area contributed by atoms with E-state index in [2.05, 4.69) is 17.3 Å². The number of nitrogen functional groups attached to an aromatic ring is 1. The van der Waals surface area contributed by atoms with Gasteiger partial charge in [0.1, 0.15) is 0 Å².